The molecule has 0 spiro atoms. The molecular weight excluding hydrogens is 246 g/mol. The van der Waals surface area contributed by atoms with E-state index in [2.05, 4.69) is 28.2 Å². The van der Waals surface area contributed by atoms with E-state index in [4.69, 9.17) is 4.74 Å². The molecule has 0 saturated heterocycles. The van der Waals surface area contributed by atoms with Crippen molar-refractivity contribution >= 4 is 17.2 Å². The molecule has 94 valence electrons. The summed E-state index contributed by atoms with van der Waals surface area (Å²) in [5.74, 6) is -0.0994. The molecule has 1 N–H and O–H groups in total. The molecule has 1 heterocycles. The van der Waals surface area contributed by atoms with Gasteiger partial charge in [-0.1, -0.05) is 24.3 Å². The van der Waals surface area contributed by atoms with Gasteiger partial charge in [-0.25, -0.2) is 0 Å². The Balaban J connectivity index is 2.11. The molecular formula is C14H15NO2S. The molecule has 0 aliphatic carbocycles. The first kappa shape index (κ1) is 12.8. The van der Waals surface area contributed by atoms with Crippen molar-refractivity contribution in [2.24, 2.45) is 0 Å². The SMILES string of the molecule is COCC(=O)NCc1ccccc1-c1ccsc1. The van der Waals surface area contributed by atoms with Gasteiger partial charge in [-0.3, -0.25) is 4.79 Å². The number of hydrogen-bond acceptors (Lipinski definition) is 3. The van der Waals surface area contributed by atoms with Crippen molar-refractivity contribution in [3.63, 3.8) is 0 Å². The van der Waals surface area contributed by atoms with E-state index in [1.807, 2.05) is 18.2 Å². The first-order chi connectivity index (χ1) is 8.81. The number of amides is 1. The highest BCUT2D eigenvalue weighted by Gasteiger charge is 2.06. The van der Waals surface area contributed by atoms with Crippen LogP contribution in [-0.4, -0.2) is 19.6 Å². The number of carbonyl (C=O) groups excluding carboxylic acids is 1. The van der Waals surface area contributed by atoms with Gasteiger partial charge in [-0.2, -0.15) is 11.3 Å². The fraction of sp³-hybridized carbons (Fsp3) is 0.214. The highest BCUT2D eigenvalue weighted by atomic mass is 32.1. The number of carbonyl (C=O) groups is 1. The Morgan fingerprint density at radius 1 is 1.33 bits per heavy atom. The highest BCUT2D eigenvalue weighted by Crippen LogP contribution is 2.25. The summed E-state index contributed by atoms with van der Waals surface area (Å²) in [6.07, 6.45) is 0. The van der Waals surface area contributed by atoms with E-state index in [1.54, 1.807) is 11.3 Å². The summed E-state index contributed by atoms with van der Waals surface area (Å²) in [4.78, 5) is 11.4. The molecule has 2 rings (SSSR count). The molecule has 0 saturated carbocycles. The molecule has 0 bridgehead atoms. The minimum atomic E-state index is -0.0994. The fourth-order valence-electron chi connectivity index (χ4n) is 1.75. The van der Waals surface area contributed by atoms with E-state index in [0.717, 1.165) is 11.1 Å². The zero-order valence-corrected chi connectivity index (χ0v) is 11.0. The Kier molecular flexibility index (Phi) is 4.50. The Bertz CT molecular complexity index is 508. The largest absolute Gasteiger partial charge is 0.375 e. The molecule has 0 atom stereocenters. The second-order valence-electron chi connectivity index (χ2n) is 3.88. The standard InChI is InChI=1S/C14H15NO2S/c1-17-9-14(16)15-8-11-4-2-3-5-13(11)12-6-7-18-10-12/h2-7,10H,8-9H2,1H3,(H,15,16). The van der Waals surface area contributed by atoms with Crippen molar-refractivity contribution in [2.75, 3.05) is 13.7 Å². The lowest BCUT2D eigenvalue weighted by Crippen LogP contribution is -2.26. The summed E-state index contributed by atoms with van der Waals surface area (Å²) in [6.45, 7) is 0.620. The lowest BCUT2D eigenvalue weighted by atomic mass is 10.0. The van der Waals surface area contributed by atoms with E-state index in [0.29, 0.717) is 6.54 Å². The van der Waals surface area contributed by atoms with E-state index in [9.17, 15) is 4.79 Å². The monoisotopic (exact) mass is 261 g/mol. The molecule has 0 aliphatic heterocycles. The van der Waals surface area contributed by atoms with Gasteiger partial charge in [0.1, 0.15) is 6.61 Å². The van der Waals surface area contributed by atoms with Crippen LogP contribution in [0.15, 0.2) is 41.1 Å². The highest BCUT2D eigenvalue weighted by molar-refractivity contribution is 7.08. The minimum absolute atomic E-state index is 0.0978. The van der Waals surface area contributed by atoms with Gasteiger partial charge < -0.3 is 10.1 Å². The molecule has 4 heteroatoms. The van der Waals surface area contributed by atoms with Crippen molar-refractivity contribution in [1.29, 1.82) is 0 Å². The van der Waals surface area contributed by atoms with Crippen molar-refractivity contribution in [3.8, 4) is 11.1 Å². The lowest BCUT2D eigenvalue weighted by Gasteiger charge is -2.09. The van der Waals surface area contributed by atoms with Crippen LogP contribution in [0.2, 0.25) is 0 Å². The smallest absolute Gasteiger partial charge is 0.246 e. The maximum atomic E-state index is 11.4. The van der Waals surface area contributed by atoms with Gasteiger partial charge in [0, 0.05) is 13.7 Å². The van der Waals surface area contributed by atoms with Crippen LogP contribution in [0.5, 0.6) is 0 Å². The maximum absolute atomic E-state index is 11.4. The maximum Gasteiger partial charge on any atom is 0.246 e. The van der Waals surface area contributed by atoms with E-state index < -0.39 is 0 Å². The van der Waals surface area contributed by atoms with E-state index in [1.165, 1.54) is 12.7 Å². The molecule has 0 fully saturated rings. The molecule has 0 radical (unpaired) electrons. The normalized spacial score (nSPS) is 10.3. The first-order valence-corrected chi connectivity index (χ1v) is 6.61. The fourth-order valence-corrected chi connectivity index (χ4v) is 2.41. The van der Waals surface area contributed by atoms with Crippen LogP contribution in [0.1, 0.15) is 5.56 Å². The van der Waals surface area contributed by atoms with Crippen molar-refractivity contribution in [2.45, 2.75) is 6.54 Å². The number of benzene rings is 1. The third kappa shape index (κ3) is 3.18. The van der Waals surface area contributed by atoms with Gasteiger partial charge in [-0.05, 0) is 33.5 Å². The summed E-state index contributed by atoms with van der Waals surface area (Å²) >= 11 is 1.67. The average Bonchev–Trinajstić information content (AvgIpc) is 2.91. The molecule has 0 unspecified atom stereocenters. The van der Waals surface area contributed by atoms with Crippen LogP contribution in [0.3, 0.4) is 0 Å². The van der Waals surface area contributed by atoms with Gasteiger partial charge >= 0.3 is 0 Å². The molecule has 1 aromatic carbocycles. The summed E-state index contributed by atoms with van der Waals surface area (Å²) in [5, 5.41) is 7.00. The second-order valence-corrected chi connectivity index (χ2v) is 4.66. The van der Waals surface area contributed by atoms with Crippen LogP contribution in [-0.2, 0) is 16.1 Å². The van der Waals surface area contributed by atoms with Crippen LogP contribution in [0, 0.1) is 0 Å². The Morgan fingerprint density at radius 3 is 2.89 bits per heavy atom. The quantitative estimate of drug-likeness (QED) is 0.898. The number of nitrogens with one attached hydrogen (secondary N) is 1. The summed E-state index contributed by atoms with van der Waals surface area (Å²) in [7, 11) is 1.51. The predicted octanol–water partition coefficient (Wildman–Crippen LogP) is 2.68. The van der Waals surface area contributed by atoms with Crippen molar-refractivity contribution in [3.05, 3.63) is 46.7 Å². The van der Waals surface area contributed by atoms with Gasteiger partial charge in [0.05, 0.1) is 0 Å². The summed E-state index contributed by atoms with van der Waals surface area (Å²) in [6, 6.07) is 10.2. The van der Waals surface area contributed by atoms with Crippen LogP contribution in [0.4, 0.5) is 0 Å². The molecule has 1 aromatic heterocycles. The van der Waals surface area contributed by atoms with Crippen LogP contribution in [0.25, 0.3) is 11.1 Å². The van der Waals surface area contributed by atoms with Crippen molar-refractivity contribution in [1.82, 2.24) is 5.32 Å². The van der Waals surface area contributed by atoms with Gasteiger partial charge in [0.15, 0.2) is 0 Å². The Hall–Kier alpha value is -1.65. The van der Waals surface area contributed by atoms with Crippen LogP contribution >= 0.6 is 11.3 Å². The Morgan fingerprint density at radius 2 is 2.17 bits per heavy atom. The molecule has 0 aliphatic rings. The second kappa shape index (κ2) is 6.33. The molecule has 2 aromatic rings. The Labute approximate surface area is 110 Å². The van der Waals surface area contributed by atoms with Crippen LogP contribution < -0.4 is 5.32 Å². The lowest BCUT2D eigenvalue weighted by molar-refractivity contribution is -0.124. The van der Waals surface area contributed by atoms with E-state index >= 15 is 0 Å². The predicted molar refractivity (Wildman–Crippen MR) is 73.5 cm³/mol. The van der Waals surface area contributed by atoms with Gasteiger partial charge in [0.25, 0.3) is 0 Å². The zero-order valence-electron chi connectivity index (χ0n) is 10.2. The van der Waals surface area contributed by atoms with E-state index in [-0.39, 0.29) is 12.5 Å². The minimum Gasteiger partial charge on any atom is -0.375 e. The first-order valence-electron chi connectivity index (χ1n) is 5.67. The summed E-state index contributed by atoms with van der Waals surface area (Å²) in [5.41, 5.74) is 3.47. The van der Waals surface area contributed by atoms with Gasteiger partial charge in [-0.15, -0.1) is 0 Å². The number of rotatable bonds is 5. The third-order valence-corrected chi connectivity index (χ3v) is 3.28. The topological polar surface area (TPSA) is 38.3 Å². The zero-order chi connectivity index (χ0) is 12.8. The number of thiophene rings is 1. The molecule has 3 nitrogen and oxygen atoms in total. The number of methoxy groups -OCH3 is 1. The van der Waals surface area contributed by atoms with Gasteiger partial charge in [0.2, 0.25) is 5.91 Å². The third-order valence-electron chi connectivity index (χ3n) is 2.60. The van der Waals surface area contributed by atoms with Crippen molar-refractivity contribution < 1.29 is 9.53 Å². The number of hydrogen-bond donors (Lipinski definition) is 1. The molecule has 1 amide bonds. The molecule has 18 heavy (non-hydrogen) atoms. The summed E-state index contributed by atoms with van der Waals surface area (Å²) < 4.78 is 4.78. The average molecular weight is 261 g/mol. The number of ether oxygens (including phenoxy) is 1.